The zero-order chi connectivity index (χ0) is 13.7. The molecule has 1 aliphatic heterocycles. The number of nitrogens with one attached hydrogen (secondary N) is 2. The summed E-state index contributed by atoms with van der Waals surface area (Å²) in [5, 5.41) is 14.2. The second-order valence-electron chi connectivity index (χ2n) is 4.96. The Balaban J connectivity index is 0.00000200. The summed E-state index contributed by atoms with van der Waals surface area (Å²) < 4.78 is 1.81. The number of carbonyl (C=O) groups excluding carboxylic acids is 1. The van der Waals surface area contributed by atoms with Gasteiger partial charge in [0.25, 0.3) is 5.91 Å². The van der Waals surface area contributed by atoms with Crippen LogP contribution in [0, 0.1) is 0 Å². The van der Waals surface area contributed by atoms with Gasteiger partial charge in [0.15, 0.2) is 5.69 Å². The van der Waals surface area contributed by atoms with E-state index in [1.54, 1.807) is 12.3 Å². The predicted octanol–water partition coefficient (Wildman–Crippen LogP) is 1.32. The minimum absolute atomic E-state index is 0. The van der Waals surface area contributed by atoms with Crippen molar-refractivity contribution in [3.63, 3.8) is 0 Å². The molecule has 2 N–H and O–H groups in total. The first kappa shape index (κ1) is 16.7. The van der Waals surface area contributed by atoms with Gasteiger partial charge < -0.3 is 10.6 Å². The average molecular weight is 300 g/mol. The van der Waals surface area contributed by atoms with Gasteiger partial charge in [0.2, 0.25) is 0 Å². The molecular weight excluding hydrogens is 278 g/mol. The summed E-state index contributed by atoms with van der Waals surface area (Å²) >= 11 is 0. The second-order valence-corrected chi connectivity index (χ2v) is 4.96. The van der Waals surface area contributed by atoms with Crippen LogP contribution in [-0.4, -0.2) is 40.0 Å². The number of hydrogen-bond donors (Lipinski definition) is 2. The molecule has 0 spiro atoms. The SMILES string of the molecule is C=CCC(C)NC(=O)c1cn(C2CCNCC2)nn1.Cl. The van der Waals surface area contributed by atoms with Crippen molar-refractivity contribution in [3.05, 3.63) is 24.5 Å². The summed E-state index contributed by atoms with van der Waals surface area (Å²) in [5.74, 6) is -0.172. The molecule has 0 radical (unpaired) electrons. The highest BCUT2D eigenvalue weighted by Crippen LogP contribution is 2.16. The zero-order valence-electron chi connectivity index (χ0n) is 11.7. The second kappa shape index (κ2) is 8.01. The van der Waals surface area contributed by atoms with Gasteiger partial charge in [-0.15, -0.1) is 24.1 Å². The van der Waals surface area contributed by atoms with Gasteiger partial charge in [-0.3, -0.25) is 4.79 Å². The number of amides is 1. The lowest BCUT2D eigenvalue weighted by Gasteiger charge is -2.22. The van der Waals surface area contributed by atoms with Crippen molar-refractivity contribution in [3.8, 4) is 0 Å². The van der Waals surface area contributed by atoms with Gasteiger partial charge in [-0.05, 0) is 39.3 Å². The molecule has 0 saturated carbocycles. The number of aromatic nitrogens is 3. The zero-order valence-corrected chi connectivity index (χ0v) is 12.5. The van der Waals surface area contributed by atoms with Crippen molar-refractivity contribution in [2.45, 2.75) is 38.3 Å². The fourth-order valence-corrected chi connectivity index (χ4v) is 2.24. The van der Waals surface area contributed by atoms with Crippen molar-refractivity contribution in [2.75, 3.05) is 13.1 Å². The molecule has 112 valence electrons. The topological polar surface area (TPSA) is 71.8 Å². The van der Waals surface area contributed by atoms with E-state index in [-0.39, 0.29) is 24.4 Å². The van der Waals surface area contributed by atoms with Crippen LogP contribution in [0.25, 0.3) is 0 Å². The Bertz CT molecular complexity index is 442. The molecule has 1 atom stereocenters. The predicted molar refractivity (Wildman–Crippen MR) is 80.2 cm³/mol. The van der Waals surface area contributed by atoms with Crippen LogP contribution in [0.5, 0.6) is 0 Å². The Morgan fingerprint density at radius 1 is 1.65 bits per heavy atom. The summed E-state index contributed by atoms with van der Waals surface area (Å²) in [6.45, 7) is 7.57. The Hall–Kier alpha value is -1.40. The number of piperidine rings is 1. The number of hydrogen-bond acceptors (Lipinski definition) is 4. The molecular formula is C13H22ClN5O. The molecule has 1 amide bonds. The van der Waals surface area contributed by atoms with Crippen LogP contribution in [0.2, 0.25) is 0 Å². The van der Waals surface area contributed by atoms with E-state index in [2.05, 4.69) is 27.5 Å². The number of rotatable bonds is 5. The standard InChI is InChI=1S/C13H21N5O.ClH/c1-3-4-10(2)15-13(19)12-9-18(17-16-12)11-5-7-14-8-6-11;/h3,9-11,14H,1,4-8H2,2H3,(H,15,19);1H. The first-order valence-electron chi connectivity index (χ1n) is 6.75. The molecule has 0 aliphatic carbocycles. The van der Waals surface area contributed by atoms with Crippen molar-refractivity contribution in [2.24, 2.45) is 0 Å². The third-order valence-electron chi connectivity index (χ3n) is 3.32. The summed E-state index contributed by atoms with van der Waals surface area (Å²) in [6, 6.07) is 0.412. The molecule has 2 rings (SSSR count). The summed E-state index contributed by atoms with van der Waals surface area (Å²) in [6.07, 6.45) is 6.32. The largest absolute Gasteiger partial charge is 0.348 e. The molecule has 1 aliphatic rings. The molecule has 0 bridgehead atoms. The molecule has 1 unspecified atom stereocenters. The van der Waals surface area contributed by atoms with E-state index < -0.39 is 0 Å². The molecule has 1 fully saturated rings. The third-order valence-corrected chi connectivity index (χ3v) is 3.32. The summed E-state index contributed by atoms with van der Waals surface area (Å²) in [4.78, 5) is 12.0. The summed E-state index contributed by atoms with van der Waals surface area (Å²) in [7, 11) is 0. The van der Waals surface area contributed by atoms with E-state index in [0.717, 1.165) is 32.4 Å². The smallest absolute Gasteiger partial charge is 0.273 e. The minimum Gasteiger partial charge on any atom is -0.348 e. The van der Waals surface area contributed by atoms with Gasteiger partial charge >= 0.3 is 0 Å². The number of halogens is 1. The van der Waals surface area contributed by atoms with Gasteiger partial charge in [-0.2, -0.15) is 0 Å². The van der Waals surface area contributed by atoms with Crippen molar-refractivity contribution >= 4 is 18.3 Å². The lowest BCUT2D eigenvalue weighted by Crippen LogP contribution is -2.32. The Morgan fingerprint density at radius 2 is 2.35 bits per heavy atom. The van der Waals surface area contributed by atoms with Crippen LogP contribution < -0.4 is 10.6 Å². The normalized spacial score (nSPS) is 17.1. The molecule has 6 nitrogen and oxygen atoms in total. The van der Waals surface area contributed by atoms with Crippen LogP contribution in [-0.2, 0) is 0 Å². The Morgan fingerprint density at radius 3 is 3.00 bits per heavy atom. The first-order chi connectivity index (χ1) is 9.20. The van der Waals surface area contributed by atoms with E-state index in [1.165, 1.54) is 0 Å². The maximum atomic E-state index is 12.0. The van der Waals surface area contributed by atoms with E-state index in [9.17, 15) is 4.79 Å². The molecule has 2 heterocycles. The lowest BCUT2D eigenvalue weighted by atomic mass is 10.1. The van der Waals surface area contributed by atoms with Gasteiger partial charge in [0.1, 0.15) is 0 Å². The maximum Gasteiger partial charge on any atom is 0.273 e. The van der Waals surface area contributed by atoms with Crippen LogP contribution in [0.15, 0.2) is 18.9 Å². The molecule has 7 heteroatoms. The average Bonchev–Trinajstić information content (AvgIpc) is 2.89. The molecule has 0 aromatic carbocycles. The Labute approximate surface area is 125 Å². The van der Waals surface area contributed by atoms with E-state index in [4.69, 9.17) is 0 Å². The van der Waals surface area contributed by atoms with Crippen LogP contribution >= 0.6 is 12.4 Å². The van der Waals surface area contributed by atoms with E-state index in [0.29, 0.717) is 11.7 Å². The molecule has 1 aromatic heterocycles. The van der Waals surface area contributed by atoms with Gasteiger partial charge in [-0.25, -0.2) is 4.68 Å². The molecule has 1 aromatic rings. The highest BCUT2D eigenvalue weighted by molar-refractivity contribution is 5.92. The number of carbonyl (C=O) groups is 1. The first-order valence-corrected chi connectivity index (χ1v) is 6.75. The minimum atomic E-state index is -0.172. The third kappa shape index (κ3) is 4.31. The van der Waals surface area contributed by atoms with Crippen molar-refractivity contribution in [1.29, 1.82) is 0 Å². The van der Waals surface area contributed by atoms with Crippen molar-refractivity contribution < 1.29 is 4.79 Å². The molecule has 1 saturated heterocycles. The van der Waals surface area contributed by atoms with Crippen LogP contribution in [0.3, 0.4) is 0 Å². The van der Waals surface area contributed by atoms with E-state index in [1.807, 2.05) is 11.6 Å². The lowest BCUT2D eigenvalue weighted by molar-refractivity contribution is 0.0935. The van der Waals surface area contributed by atoms with Crippen LogP contribution in [0.1, 0.15) is 42.7 Å². The highest BCUT2D eigenvalue weighted by atomic mass is 35.5. The quantitative estimate of drug-likeness (QED) is 0.804. The highest BCUT2D eigenvalue weighted by Gasteiger charge is 2.19. The van der Waals surface area contributed by atoms with Gasteiger partial charge in [-0.1, -0.05) is 11.3 Å². The monoisotopic (exact) mass is 299 g/mol. The summed E-state index contributed by atoms with van der Waals surface area (Å²) in [5.41, 5.74) is 0.384. The van der Waals surface area contributed by atoms with E-state index >= 15 is 0 Å². The maximum absolute atomic E-state index is 12.0. The van der Waals surface area contributed by atoms with Crippen molar-refractivity contribution in [1.82, 2.24) is 25.6 Å². The van der Waals surface area contributed by atoms with Gasteiger partial charge in [0.05, 0.1) is 12.2 Å². The van der Waals surface area contributed by atoms with Crippen LogP contribution in [0.4, 0.5) is 0 Å². The number of nitrogens with zero attached hydrogens (tertiary/aromatic N) is 3. The van der Waals surface area contributed by atoms with Gasteiger partial charge in [0, 0.05) is 6.04 Å². The fraction of sp³-hybridized carbons (Fsp3) is 0.615. The molecule has 20 heavy (non-hydrogen) atoms. The Kier molecular flexibility index (Phi) is 6.67. The fourth-order valence-electron chi connectivity index (χ4n) is 2.24.